The van der Waals surface area contributed by atoms with Gasteiger partial charge in [-0.15, -0.1) is 0 Å². The molecule has 0 spiro atoms. The quantitative estimate of drug-likeness (QED) is 0.836. The Kier molecular flexibility index (Phi) is 4.85. The highest BCUT2D eigenvalue weighted by atomic mass is 32.2. The summed E-state index contributed by atoms with van der Waals surface area (Å²) in [7, 11) is 0. The first-order valence-electron chi connectivity index (χ1n) is 8.72. The molecule has 2 saturated heterocycles. The van der Waals surface area contributed by atoms with Gasteiger partial charge in [-0.2, -0.15) is 11.8 Å². The molecule has 2 fully saturated rings. The molecule has 3 aliphatic rings. The van der Waals surface area contributed by atoms with Crippen LogP contribution in [0.2, 0.25) is 0 Å². The largest absolute Gasteiger partial charge is 0.486 e. The molecule has 130 valence electrons. The average Bonchev–Trinajstić information content (AvgIpc) is 3.32. The van der Waals surface area contributed by atoms with Crippen LogP contribution >= 0.6 is 11.8 Å². The highest BCUT2D eigenvalue weighted by molar-refractivity contribution is 7.99. The topological polar surface area (TPSA) is 48.0 Å². The Labute approximate surface area is 146 Å². The van der Waals surface area contributed by atoms with Crippen LogP contribution in [-0.2, 0) is 4.74 Å². The minimum absolute atomic E-state index is 0.0420. The third-order valence-corrected chi connectivity index (χ3v) is 5.97. The zero-order chi connectivity index (χ0) is 16.4. The average molecular weight is 349 g/mol. The van der Waals surface area contributed by atoms with Gasteiger partial charge in [-0.25, -0.2) is 0 Å². The summed E-state index contributed by atoms with van der Waals surface area (Å²) in [5.74, 6) is 3.43. The van der Waals surface area contributed by atoms with Gasteiger partial charge in [0, 0.05) is 24.9 Å². The summed E-state index contributed by atoms with van der Waals surface area (Å²) in [5, 5.41) is 0. The number of carbonyl (C=O) groups excluding carboxylic acids is 1. The SMILES string of the molecule is O=C(c1cccc2c1OCCO2)N(C[C@H]1CCCO1)[C@@H]1CCSC1. The molecule has 1 aromatic carbocycles. The van der Waals surface area contributed by atoms with Gasteiger partial charge in [0.05, 0.1) is 11.7 Å². The van der Waals surface area contributed by atoms with Gasteiger partial charge in [-0.05, 0) is 37.1 Å². The number of carbonyl (C=O) groups is 1. The van der Waals surface area contributed by atoms with Crippen molar-refractivity contribution in [3.63, 3.8) is 0 Å². The first kappa shape index (κ1) is 16.1. The number of hydrogen-bond acceptors (Lipinski definition) is 5. The van der Waals surface area contributed by atoms with E-state index in [1.165, 1.54) is 0 Å². The summed E-state index contributed by atoms with van der Waals surface area (Å²) in [4.78, 5) is 15.3. The van der Waals surface area contributed by atoms with Crippen LogP contribution in [0.5, 0.6) is 11.5 Å². The third kappa shape index (κ3) is 3.22. The van der Waals surface area contributed by atoms with Gasteiger partial charge in [-0.3, -0.25) is 4.79 Å². The molecule has 1 aromatic rings. The van der Waals surface area contributed by atoms with Gasteiger partial charge in [0.2, 0.25) is 0 Å². The van der Waals surface area contributed by atoms with Crippen molar-refractivity contribution in [2.24, 2.45) is 0 Å². The van der Waals surface area contributed by atoms with Crippen molar-refractivity contribution in [3.05, 3.63) is 23.8 Å². The van der Waals surface area contributed by atoms with Crippen LogP contribution in [0.3, 0.4) is 0 Å². The van der Waals surface area contributed by atoms with Crippen LogP contribution in [0.15, 0.2) is 18.2 Å². The Hall–Kier alpha value is -1.40. The second-order valence-corrected chi connectivity index (χ2v) is 7.59. The molecule has 24 heavy (non-hydrogen) atoms. The van der Waals surface area contributed by atoms with Crippen molar-refractivity contribution in [2.75, 3.05) is 37.9 Å². The van der Waals surface area contributed by atoms with Crippen LogP contribution in [0.4, 0.5) is 0 Å². The molecule has 6 heteroatoms. The van der Waals surface area contributed by atoms with Crippen LogP contribution < -0.4 is 9.47 Å². The fourth-order valence-corrected chi connectivity index (χ4v) is 4.79. The first-order valence-corrected chi connectivity index (χ1v) is 9.87. The molecule has 0 N–H and O–H groups in total. The highest BCUT2D eigenvalue weighted by Gasteiger charge is 2.33. The normalized spacial score (nSPS) is 25.7. The number of ether oxygens (including phenoxy) is 3. The maximum atomic E-state index is 13.3. The lowest BCUT2D eigenvalue weighted by Crippen LogP contribution is -2.45. The number of thioether (sulfide) groups is 1. The Morgan fingerprint density at radius 2 is 2.12 bits per heavy atom. The zero-order valence-electron chi connectivity index (χ0n) is 13.7. The van der Waals surface area contributed by atoms with E-state index in [-0.39, 0.29) is 18.1 Å². The minimum Gasteiger partial charge on any atom is -0.486 e. The van der Waals surface area contributed by atoms with E-state index in [9.17, 15) is 4.79 Å². The van der Waals surface area contributed by atoms with Gasteiger partial charge in [-0.1, -0.05) is 6.07 Å². The van der Waals surface area contributed by atoms with Crippen LogP contribution in [0, 0.1) is 0 Å². The second kappa shape index (κ2) is 7.23. The standard InChI is InChI=1S/C18H23NO4S/c20-18(15-4-1-5-16-17(15)23-9-8-22-16)19(13-6-10-24-12-13)11-14-3-2-7-21-14/h1,4-5,13-14H,2-3,6-12H2/t13-,14-/m1/s1. The number of benzene rings is 1. The summed E-state index contributed by atoms with van der Waals surface area (Å²) in [5.41, 5.74) is 0.613. The predicted molar refractivity (Wildman–Crippen MR) is 93.2 cm³/mol. The number of para-hydroxylation sites is 1. The number of rotatable bonds is 4. The van der Waals surface area contributed by atoms with Crippen molar-refractivity contribution < 1.29 is 19.0 Å². The fraction of sp³-hybridized carbons (Fsp3) is 0.611. The smallest absolute Gasteiger partial charge is 0.258 e. The molecule has 0 radical (unpaired) electrons. The van der Waals surface area contributed by atoms with Gasteiger partial charge >= 0.3 is 0 Å². The molecule has 5 nitrogen and oxygen atoms in total. The Bertz CT molecular complexity index is 597. The molecule has 4 rings (SSSR count). The van der Waals surface area contributed by atoms with E-state index in [0.29, 0.717) is 36.8 Å². The zero-order valence-corrected chi connectivity index (χ0v) is 14.6. The highest BCUT2D eigenvalue weighted by Crippen LogP contribution is 2.35. The fourth-order valence-electron chi connectivity index (χ4n) is 3.57. The first-order chi connectivity index (χ1) is 11.8. The van der Waals surface area contributed by atoms with Crippen molar-refractivity contribution in [1.29, 1.82) is 0 Å². The lowest BCUT2D eigenvalue weighted by atomic mass is 10.1. The second-order valence-electron chi connectivity index (χ2n) is 6.44. The summed E-state index contributed by atoms with van der Waals surface area (Å²) in [6, 6.07) is 5.86. The van der Waals surface area contributed by atoms with E-state index < -0.39 is 0 Å². The molecular formula is C18H23NO4S. The predicted octanol–water partition coefficient (Wildman–Crippen LogP) is 2.58. The third-order valence-electron chi connectivity index (χ3n) is 4.83. The lowest BCUT2D eigenvalue weighted by molar-refractivity contribution is 0.0436. The molecule has 0 bridgehead atoms. The van der Waals surface area contributed by atoms with Gasteiger partial charge < -0.3 is 19.1 Å². The molecule has 3 heterocycles. The molecule has 0 aromatic heterocycles. The Balaban J connectivity index is 1.60. The molecule has 2 atom stereocenters. The van der Waals surface area contributed by atoms with Gasteiger partial charge in [0.15, 0.2) is 11.5 Å². The van der Waals surface area contributed by atoms with E-state index in [0.717, 1.165) is 37.4 Å². The number of hydrogen-bond donors (Lipinski definition) is 0. The van der Waals surface area contributed by atoms with Gasteiger partial charge in [0.1, 0.15) is 13.2 Å². The molecule has 0 unspecified atom stereocenters. The lowest BCUT2D eigenvalue weighted by Gasteiger charge is -2.32. The van der Waals surface area contributed by atoms with Crippen LogP contribution in [-0.4, -0.2) is 60.8 Å². The maximum absolute atomic E-state index is 13.3. The summed E-state index contributed by atoms with van der Waals surface area (Å²) in [6.45, 7) is 2.50. The Morgan fingerprint density at radius 1 is 1.21 bits per heavy atom. The number of nitrogens with zero attached hydrogens (tertiary/aromatic N) is 1. The van der Waals surface area contributed by atoms with Gasteiger partial charge in [0.25, 0.3) is 5.91 Å². The van der Waals surface area contributed by atoms with Crippen LogP contribution in [0.25, 0.3) is 0 Å². The molecular weight excluding hydrogens is 326 g/mol. The van der Waals surface area contributed by atoms with E-state index in [4.69, 9.17) is 14.2 Å². The van der Waals surface area contributed by atoms with Crippen molar-refractivity contribution >= 4 is 17.7 Å². The maximum Gasteiger partial charge on any atom is 0.258 e. The van der Waals surface area contributed by atoms with E-state index in [1.54, 1.807) is 0 Å². The number of amides is 1. The minimum atomic E-state index is 0.0420. The van der Waals surface area contributed by atoms with Crippen molar-refractivity contribution in [3.8, 4) is 11.5 Å². The van der Waals surface area contributed by atoms with Crippen molar-refractivity contribution in [1.82, 2.24) is 4.90 Å². The molecule has 0 saturated carbocycles. The number of fused-ring (bicyclic) bond motifs is 1. The molecule has 1 amide bonds. The monoisotopic (exact) mass is 349 g/mol. The van der Waals surface area contributed by atoms with E-state index >= 15 is 0 Å². The van der Waals surface area contributed by atoms with Crippen molar-refractivity contribution in [2.45, 2.75) is 31.4 Å². The van der Waals surface area contributed by atoms with E-state index in [2.05, 4.69) is 0 Å². The molecule has 0 aliphatic carbocycles. The summed E-state index contributed by atoms with van der Waals surface area (Å²) >= 11 is 1.92. The summed E-state index contributed by atoms with van der Waals surface area (Å²) in [6.07, 6.45) is 3.34. The Morgan fingerprint density at radius 3 is 2.92 bits per heavy atom. The van der Waals surface area contributed by atoms with E-state index in [1.807, 2.05) is 34.9 Å². The van der Waals surface area contributed by atoms with Crippen LogP contribution in [0.1, 0.15) is 29.6 Å². The molecule has 3 aliphatic heterocycles. The summed E-state index contributed by atoms with van der Waals surface area (Å²) < 4.78 is 17.2.